The molecule has 0 aliphatic carbocycles. The molecule has 0 saturated carbocycles. The van der Waals surface area contributed by atoms with E-state index < -0.39 is 0 Å². The van der Waals surface area contributed by atoms with Crippen LogP contribution in [0.1, 0.15) is 41.0 Å². The quantitative estimate of drug-likeness (QED) is 0.630. The lowest BCUT2D eigenvalue weighted by Gasteiger charge is -2.30. The maximum Gasteiger partial charge on any atom is 0.0139 e. The van der Waals surface area contributed by atoms with Crippen LogP contribution in [0.25, 0.3) is 0 Å². The monoisotopic (exact) mass is 186 g/mol. The van der Waals surface area contributed by atoms with Crippen LogP contribution in [0, 0.1) is 11.3 Å². The van der Waals surface area contributed by atoms with Crippen LogP contribution in [-0.2, 0) is 0 Å². The minimum Gasteiger partial charge on any atom is -0.131 e. The van der Waals surface area contributed by atoms with Crippen molar-refractivity contribution in [3.05, 3.63) is 12.0 Å². The van der Waals surface area contributed by atoms with Gasteiger partial charge in [-0.05, 0) is 23.2 Å². The fourth-order valence-electron chi connectivity index (χ4n) is 1.16. The van der Waals surface area contributed by atoms with E-state index in [9.17, 15) is 0 Å². The molecule has 1 unspecified atom stereocenters. The van der Waals surface area contributed by atoms with Crippen LogP contribution in [0.3, 0.4) is 0 Å². The van der Waals surface area contributed by atoms with E-state index in [1.54, 1.807) is 0 Å². The van der Waals surface area contributed by atoms with Crippen molar-refractivity contribution >= 4 is 11.8 Å². The number of thioether (sulfide) groups is 1. The Balaban J connectivity index is 4.13. The number of hydrogen-bond acceptors (Lipinski definition) is 1. The van der Waals surface area contributed by atoms with Crippen molar-refractivity contribution in [2.45, 2.75) is 46.3 Å². The van der Waals surface area contributed by atoms with E-state index in [-0.39, 0.29) is 0 Å². The highest BCUT2D eigenvalue weighted by Crippen LogP contribution is 2.35. The van der Waals surface area contributed by atoms with Gasteiger partial charge in [-0.2, -0.15) is 0 Å². The molecule has 0 aromatic heterocycles. The predicted octanol–water partition coefficient (Wildman–Crippen LogP) is 4.32. The van der Waals surface area contributed by atoms with Crippen LogP contribution < -0.4 is 0 Å². The average Bonchev–Trinajstić information content (AvgIpc) is 1.83. The van der Waals surface area contributed by atoms with Gasteiger partial charge in [-0.15, -0.1) is 11.8 Å². The summed E-state index contributed by atoms with van der Waals surface area (Å²) >= 11 is 1.88. The lowest BCUT2D eigenvalue weighted by atomic mass is 9.87. The third kappa shape index (κ3) is 4.87. The first-order valence-electron chi connectivity index (χ1n) is 4.64. The first-order chi connectivity index (χ1) is 5.38. The minimum atomic E-state index is 0.392. The van der Waals surface area contributed by atoms with Gasteiger partial charge in [0, 0.05) is 5.25 Å². The Morgan fingerprint density at radius 3 is 2.08 bits per heavy atom. The van der Waals surface area contributed by atoms with Gasteiger partial charge in [0.1, 0.15) is 0 Å². The minimum absolute atomic E-state index is 0.392. The van der Waals surface area contributed by atoms with E-state index in [0.29, 0.717) is 10.7 Å². The van der Waals surface area contributed by atoms with E-state index >= 15 is 0 Å². The average molecular weight is 186 g/mol. The van der Waals surface area contributed by atoms with E-state index in [0.717, 1.165) is 5.92 Å². The van der Waals surface area contributed by atoms with Gasteiger partial charge >= 0.3 is 0 Å². The lowest BCUT2D eigenvalue weighted by molar-refractivity contribution is 0.353. The van der Waals surface area contributed by atoms with Crippen molar-refractivity contribution in [1.82, 2.24) is 0 Å². The van der Waals surface area contributed by atoms with Crippen molar-refractivity contribution in [2.75, 3.05) is 0 Å². The number of hydrogen-bond donors (Lipinski definition) is 0. The molecule has 0 amide bonds. The summed E-state index contributed by atoms with van der Waals surface area (Å²) in [5.74, 6) is 0.779. The standard InChI is InChI=1S/C11H22S/c1-7-12-10(8-9(2)3)11(4,5)6/h7,9-10H,1,8H2,2-6H3. The van der Waals surface area contributed by atoms with Gasteiger partial charge in [-0.1, -0.05) is 41.2 Å². The Hall–Kier alpha value is 0.0900. The summed E-state index contributed by atoms with van der Waals surface area (Å²) in [6.07, 6.45) is 1.28. The maximum absolute atomic E-state index is 3.78. The van der Waals surface area contributed by atoms with Crippen molar-refractivity contribution in [3.8, 4) is 0 Å². The molecule has 0 aliphatic heterocycles. The zero-order valence-electron chi connectivity index (χ0n) is 9.05. The molecule has 12 heavy (non-hydrogen) atoms. The van der Waals surface area contributed by atoms with Crippen molar-refractivity contribution in [1.29, 1.82) is 0 Å². The SMILES string of the molecule is C=CSC(CC(C)C)C(C)(C)C. The fourth-order valence-corrected chi connectivity index (χ4v) is 2.29. The zero-order valence-corrected chi connectivity index (χ0v) is 9.87. The van der Waals surface area contributed by atoms with E-state index in [1.165, 1.54) is 6.42 Å². The van der Waals surface area contributed by atoms with Gasteiger partial charge < -0.3 is 0 Å². The lowest BCUT2D eigenvalue weighted by Crippen LogP contribution is -2.24. The topological polar surface area (TPSA) is 0 Å². The van der Waals surface area contributed by atoms with Gasteiger partial charge in [0.15, 0.2) is 0 Å². The summed E-state index contributed by atoms with van der Waals surface area (Å²) in [6.45, 7) is 15.3. The zero-order chi connectivity index (χ0) is 9.78. The Morgan fingerprint density at radius 2 is 1.83 bits per heavy atom. The van der Waals surface area contributed by atoms with Gasteiger partial charge in [0.2, 0.25) is 0 Å². The smallest absolute Gasteiger partial charge is 0.0139 e. The third-order valence-corrected chi connectivity index (χ3v) is 3.33. The van der Waals surface area contributed by atoms with E-state index in [2.05, 4.69) is 41.2 Å². The van der Waals surface area contributed by atoms with Crippen molar-refractivity contribution in [3.63, 3.8) is 0 Å². The summed E-state index contributed by atoms with van der Waals surface area (Å²) in [5.41, 5.74) is 0.392. The van der Waals surface area contributed by atoms with Gasteiger partial charge in [-0.25, -0.2) is 0 Å². The Bertz CT molecular complexity index is 130. The van der Waals surface area contributed by atoms with Crippen LogP contribution in [0.2, 0.25) is 0 Å². The summed E-state index contributed by atoms with van der Waals surface area (Å²) in [5, 5.41) is 2.67. The van der Waals surface area contributed by atoms with Crippen LogP contribution in [0.4, 0.5) is 0 Å². The highest BCUT2D eigenvalue weighted by atomic mass is 32.2. The van der Waals surface area contributed by atoms with E-state index in [4.69, 9.17) is 0 Å². The molecule has 0 radical (unpaired) electrons. The maximum atomic E-state index is 3.78. The Labute approximate surface area is 81.8 Å². The largest absolute Gasteiger partial charge is 0.131 e. The first kappa shape index (κ1) is 12.1. The molecular formula is C11H22S. The van der Waals surface area contributed by atoms with Crippen LogP contribution >= 0.6 is 11.8 Å². The molecule has 0 aromatic carbocycles. The summed E-state index contributed by atoms with van der Waals surface area (Å²) < 4.78 is 0. The second-order valence-electron chi connectivity index (χ2n) is 4.79. The third-order valence-electron chi connectivity index (χ3n) is 1.91. The molecule has 0 rings (SSSR count). The first-order valence-corrected chi connectivity index (χ1v) is 5.58. The van der Waals surface area contributed by atoms with Crippen molar-refractivity contribution in [2.24, 2.45) is 11.3 Å². The normalized spacial score (nSPS) is 14.8. The molecule has 1 heteroatoms. The summed E-state index contributed by atoms with van der Waals surface area (Å²) in [7, 11) is 0. The molecule has 0 spiro atoms. The van der Waals surface area contributed by atoms with E-state index in [1.807, 2.05) is 17.2 Å². The van der Waals surface area contributed by atoms with Crippen LogP contribution in [-0.4, -0.2) is 5.25 Å². The van der Waals surface area contributed by atoms with Gasteiger partial charge in [-0.3, -0.25) is 0 Å². The fraction of sp³-hybridized carbons (Fsp3) is 0.818. The van der Waals surface area contributed by atoms with Crippen LogP contribution in [0.15, 0.2) is 12.0 Å². The van der Waals surface area contributed by atoms with Crippen molar-refractivity contribution < 1.29 is 0 Å². The molecule has 1 atom stereocenters. The second kappa shape index (κ2) is 4.96. The number of rotatable bonds is 4. The Morgan fingerprint density at radius 1 is 1.33 bits per heavy atom. The highest BCUT2D eigenvalue weighted by molar-refractivity contribution is 8.02. The molecular weight excluding hydrogens is 164 g/mol. The molecule has 0 heterocycles. The summed E-state index contributed by atoms with van der Waals surface area (Å²) in [4.78, 5) is 0. The Kier molecular flexibility index (Phi) is 5.00. The summed E-state index contributed by atoms with van der Waals surface area (Å²) in [6, 6.07) is 0. The molecule has 0 nitrogen and oxygen atoms in total. The predicted molar refractivity (Wildman–Crippen MR) is 60.5 cm³/mol. The van der Waals surface area contributed by atoms with Gasteiger partial charge in [0.25, 0.3) is 0 Å². The molecule has 0 bridgehead atoms. The van der Waals surface area contributed by atoms with Gasteiger partial charge in [0.05, 0.1) is 0 Å². The molecule has 0 aliphatic rings. The molecule has 0 saturated heterocycles. The van der Waals surface area contributed by atoms with Crippen LogP contribution in [0.5, 0.6) is 0 Å². The highest BCUT2D eigenvalue weighted by Gasteiger charge is 2.24. The second-order valence-corrected chi connectivity index (χ2v) is 5.96. The molecule has 0 aromatic rings. The molecule has 0 fully saturated rings. The molecule has 0 N–H and O–H groups in total. The molecule has 72 valence electrons.